The minimum absolute atomic E-state index is 0.0885. The average Bonchev–Trinajstić information content (AvgIpc) is 2.28. The lowest BCUT2D eigenvalue weighted by Gasteiger charge is -2.12. The van der Waals surface area contributed by atoms with Gasteiger partial charge in [0.2, 0.25) is 10.0 Å². The molecule has 1 N–H and O–H groups in total. The number of pyridine rings is 1. The van der Waals surface area contributed by atoms with Crippen LogP contribution in [0.4, 0.5) is 0 Å². The summed E-state index contributed by atoms with van der Waals surface area (Å²) in [4.78, 5) is 3.81. The average molecular weight is 279 g/mol. The molecule has 1 heterocycles. The zero-order valence-electron chi connectivity index (χ0n) is 9.68. The van der Waals surface area contributed by atoms with Crippen LogP contribution in [-0.2, 0) is 14.8 Å². The molecule has 1 aromatic heterocycles. The first-order valence-electron chi connectivity index (χ1n) is 5.18. The van der Waals surface area contributed by atoms with Gasteiger partial charge in [-0.3, -0.25) is 0 Å². The Labute approximate surface area is 106 Å². The molecule has 1 atom stereocenters. The van der Waals surface area contributed by atoms with E-state index in [9.17, 15) is 8.42 Å². The maximum Gasteiger partial charge on any atom is 0.242 e. The Balaban J connectivity index is 2.66. The van der Waals surface area contributed by atoms with Crippen molar-refractivity contribution in [2.75, 3.05) is 13.2 Å². The molecule has 0 fully saturated rings. The lowest BCUT2D eigenvalue weighted by Crippen LogP contribution is -2.32. The number of nitrogens with one attached hydrogen (secondary N) is 1. The van der Waals surface area contributed by atoms with Crippen LogP contribution in [-0.4, -0.2) is 32.7 Å². The fraction of sp³-hybridized carbons (Fsp3) is 0.500. The summed E-state index contributed by atoms with van der Waals surface area (Å²) in [7, 11) is -3.54. The van der Waals surface area contributed by atoms with Gasteiger partial charge in [-0.2, -0.15) is 0 Å². The molecule has 0 aliphatic carbocycles. The largest absolute Gasteiger partial charge is 0.377 e. The second-order valence-electron chi connectivity index (χ2n) is 3.43. The van der Waals surface area contributed by atoms with Crippen molar-refractivity contribution in [3.05, 3.63) is 23.5 Å². The van der Waals surface area contributed by atoms with E-state index in [1.165, 1.54) is 18.3 Å². The van der Waals surface area contributed by atoms with E-state index < -0.39 is 10.0 Å². The lowest BCUT2D eigenvalue weighted by molar-refractivity contribution is 0.0799. The Morgan fingerprint density at radius 2 is 2.24 bits per heavy atom. The highest BCUT2D eigenvalue weighted by atomic mass is 35.5. The number of halogens is 1. The molecule has 0 saturated carbocycles. The van der Waals surface area contributed by atoms with E-state index >= 15 is 0 Å². The van der Waals surface area contributed by atoms with Crippen LogP contribution in [0.1, 0.15) is 13.8 Å². The molecule has 1 unspecified atom stereocenters. The zero-order chi connectivity index (χ0) is 12.9. The molecular weight excluding hydrogens is 264 g/mol. The highest BCUT2D eigenvalue weighted by Crippen LogP contribution is 2.10. The minimum atomic E-state index is -3.54. The normalized spacial score (nSPS) is 13.6. The highest BCUT2D eigenvalue weighted by molar-refractivity contribution is 7.89. The maximum atomic E-state index is 11.8. The lowest BCUT2D eigenvalue weighted by atomic mass is 10.4. The summed E-state index contributed by atoms with van der Waals surface area (Å²) in [5, 5.41) is 0.256. The van der Waals surface area contributed by atoms with Crippen LogP contribution >= 0.6 is 11.6 Å². The van der Waals surface area contributed by atoms with Crippen molar-refractivity contribution in [1.29, 1.82) is 0 Å². The summed E-state index contributed by atoms with van der Waals surface area (Å²) in [5.41, 5.74) is 0. The molecule has 0 aliphatic heterocycles. The van der Waals surface area contributed by atoms with Gasteiger partial charge in [-0.1, -0.05) is 11.6 Å². The molecule has 5 nitrogen and oxygen atoms in total. The Hall–Kier alpha value is -0.690. The molecule has 0 aromatic carbocycles. The molecule has 0 amide bonds. The third-order valence-electron chi connectivity index (χ3n) is 2.02. The van der Waals surface area contributed by atoms with Gasteiger partial charge in [0, 0.05) is 19.3 Å². The first-order chi connectivity index (χ1) is 7.95. The van der Waals surface area contributed by atoms with Gasteiger partial charge in [0.15, 0.2) is 0 Å². The number of rotatable bonds is 6. The minimum Gasteiger partial charge on any atom is -0.377 e. The van der Waals surface area contributed by atoms with Gasteiger partial charge in [-0.15, -0.1) is 0 Å². The molecule has 0 spiro atoms. The Bertz CT molecular complexity index is 447. The standard InChI is InChI=1S/C10H15ClN2O3S/c1-3-16-8(2)6-13-17(14,15)9-4-5-10(11)12-7-9/h4-5,7-8,13H,3,6H2,1-2H3. The quantitative estimate of drug-likeness (QED) is 0.800. The summed E-state index contributed by atoms with van der Waals surface area (Å²) in [6, 6.07) is 2.84. The van der Waals surface area contributed by atoms with E-state index in [1.807, 2.05) is 6.92 Å². The zero-order valence-corrected chi connectivity index (χ0v) is 11.3. The van der Waals surface area contributed by atoms with Crippen molar-refractivity contribution >= 4 is 21.6 Å². The Kier molecular flexibility index (Phi) is 5.32. The fourth-order valence-corrected chi connectivity index (χ4v) is 2.35. The van der Waals surface area contributed by atoms with Crippen LogP contribution < -0.4 is 4.72 Å². The molecule has 96 valence electrons. The van der Waals surface area contributed by atoms with Gasteiger partial charge in [0.05, 0.1) is 6.10 Å². The van der Waals surface area contributed by atoms with Gasteiger partial charge < -0.3 is 4.74 Å². The number of hydrogen-bond donors (Lipinski definition) is 1. The summed E-state index contributed by atoms with van der Waals surface area (Å²) >= 11 is 5.58. The van der Waals surface area contributed by atoms with Crippen molar-refractivity contribution < 1.29 is 13.2 Å². The molecule has 0 radical (unpaired) electrons. The summed E-state index contributed by atoms with van der Waals surface area (Å²) in [6.45, 7) is 4.42. The second kappa shape index (κ2) is 6.30. The van der Waals surface area contributed by atoms with Crippen molar-refractivity contribution in [2.45, 2.75) is 24.8 Å². The van der Waals surface area contributed by atoms with Crippen LogP contribution in [0.2, 0.25) is 5.15 Å². The first kappa shape index (κ1) is 14.4. The maximum absolute atomic E-state index is 11.8. The fourth-order valence-electron chi connectivity index (χ4n) is 1.18. The molecule has 0 aliphatic rings. The van der Waals surface area contributed by atoms with E-state index in [1.54, 1.807) is 6.92 Å². The highest BCUT2D eigenvalue weighted by Gasteiger charge is 2.15. The van der Waals surface area contributed by atoms with Crippen LogP contribution in [0.25, 0.3) is 0 Å². The number of ether oxygens (including phenoxy) is 1. The van der Waals surface area contributed by atoms with E-state index in [-0.39, 0.29) is 22.7 Å². The first-order valence-corrected chi connectivity index (χ1v) is 7.04. The topological polar surface area (TPSA) is 68.3 Å². The van der Waals surface area contributed by atoms with Crippen molar-refractivity contribution in [1.82, 2.24) is 9.71 Å². The van der Waals surface area contributed by atoms with Gasteiger partial charge in [-0.05, 0) is 26.0 Å². The predicted molar refractivity (Wildman–Crippen MR) is 65.5 cm³/mol. The van der Waals surface area contributed by atoms with E-state index in [0.29, 0.717) is 6.61 Å². The molecule has 0 bridgehead atoms. The molecular formula is C10H15ClN2O3S. The van der Waals surface area contributed by atoms with E-state index in [2.05, 4.69) is 9.71 Å². The number of aromatic nitrogens is 1. The summed E-state index contributed by atoms with van der Waals surface area (Å²) < 4.78 is 31.3. The number of hydrogen-bond acceptors (Lipinski definition) is 4. The SMILES string of the molecule is CCOC(C)CNS(=O)(=O)c1ccc(Cl)nc1. The van der Waals surface area contributed by atoms with E-state index in [0.717, 1.165) is 0 Å². The molecule has 17 heavy (non-hydrogen) atoms. The van der Waals surface area contributed by atoms with Crippen LogP contribution in [0, 0.1) is 0 Å². The van der Waals surface area contributed by atoms with Gasteiger partial charge in [-0.25, -0.2) is 18.1 Å². The van der Waals surface area contributed by atoms with Crippen molar-refractivity contribution in [2.24, 2.45) is 0 Å². The molecule has 0 saturated heterocycles. The second-order valence-corrected chi connectivity index (χ2v) is 5.59. The van der Waals surface area contributed by atoms with E-state index in [4.69, 9.17) is 16.3 Å². The summed E-state index contributed by atoms with van der Waals surface area (Å²) in [6.07, 6.45) is 1.05. The molecule has 1 rings (SSSR count). The van der Waals surface area contributed by atoms with Crippen LogP contribution in [0.3, 0.4) is 0 Å². The van der Waals surface area contributed by atoms with Gasteiger partial charge >= 0.3 is 0 Å². The summed E-state index contributed by atoms with van der Waals surface area (Å²) in [5.74, 6) is 0. The molecule has 7 heteroatoms. The number of sulfonamides is 1. The van der Waals surface area contributed by atoms with Crippen molar-refractivity contribution in [3.63, 3.8) is 0 Å². The van der Waals surface area contributed by atoms with Gasteiger partial charge in [0.25, 0.3) is 0 Å². The van der Waals surface area contributed by atoms with Crippen LogP contribution in [0.15, 0.2) is 23.2 Å². The number of nitrogens with zero attached hydrogens (tertiary/aromatic N) is 1. The predicted octanol–water partition coefficient (Wildman–Crippen LogP) is 1.44. The van der Waals surface area contributed by atoms with Crippen molar-refractivity contribution in [3.8, 4) is 0 Å². The Morgan fingerprint density at radius 3 is 2.76 bits per heavy atom. The third-order valence-corrected chi connectivity index (χ3v) is 3.65. The third kappa shape index (κ3) is 4.59. The van der Waals surface area contributed by atoms with Gasteiger partial charge in [0.1, 0.15) is 10.0 Å². The monoisotopic (exact) mass is 278 g/mol. The van der Waals surface area contributed by atoms with Crippen LogP contribution in [0.5, 0.6) is 0 Å². The molecule has 1 aromatic rings. The Morgan fingerprint density at radius 1 is 1.53 bits per heavy atom. The smallest absolute Gasteiger partial charge is 0.242 e.